The van der Waals surface area contributed by atoms with Crippen LogP contribution in [0.4, 0.5) is 0 Å². The first kappa shape index (κ1) is 17.5. The molecular formula is C15H21BrO3S. The highest BCUT2D eigenvalue weighted by Crippen LogP contribution is 2.36. The third-order valence-corrected chi connectivity index (χ3v) is 4.75. The molecule has 0 fully saturated rings. The summed E-state index contributed by atoms with van der Waals surface area (Å²) in [5.74, 6) is 0.161. The standard InChI is InChI=1S/C15H21BrO3S/c1-15(2,10-13(17)18)14(19)11-4-6-12(7-5-11)20-9-3-8-16/h4-7,14,19H,3,8-10H2,1-2H3,(H,17,18). The first-order valence-electron chi connectivity index (χ1n) is 6.55. The summed E-state index contributed by atoms with van der Waals surface area (Å²) in [4.78, 5) is 12.0. The van der Waals surface area contributed by atoms with E-state index < -0.39 is 17.5 Å². The molecular weight excluding hydrogens is 340 g/mol. The Labute approximate surface area is 132 Å². The number of rotatable bonds is 8. The van der Waals surface area contributed by atoms with Gasteiger partial charge in [-0.15, -0.1) is 11.8 Å². The van der Waals surface area contributed by atoms with Crippen LogP contribution in [0, 0.1) is 5.41 Å². The van der Waals surface area contributed by atoms with Crippen molar-refractivity contribution < 1.29 is 15.0 Å². The predicted octanol–water partition coefficient (Wildman–Crippen LogP) is 4.10. The van der Waals surface area contributed by atoms with E-state index in [1.54, 1.807) is 25.6 Å². The molecule has 0 amide bonds. The maximum absolute atomic E-state index is 10.8. The van der Waals surface area contributed by atoms with Crippen molar-refractivity contribution in [3.8, 4) is 0 Å². The molecule has 2 N–H and O–H groups in total. The van der Waals surface area contributed by atoms with Crippen molar-refractivity contribution in [1.29, 1.82) is 0 Å². The molecule has 1 unspecified atom stereocenters. The van der Waals surface area contributed by atoms with Crippen LogP contribution in [0.5, 0.6) is 0 Å². The van der Waals surface area contributed by atoms with Gasteiger partial charge in [-0.25, -0.2) is 0 Å². The van der Waals surface area contributed by atoms with Gasteiger partial charge in [-0.2, -0.15) is 0 Å². The molecule has 0 aliphatic heterocycles. The van der Waals surface area contributed by atoms with Crippen molar-refractivity contribution >= 4 is 33.7 Å². The van der Waals surface area contributed by atoms with Gasteiger partial charge in [-0.1, -0.05) is 41.9 Å². The van der Waals surface area contributed by atoms with Gasteiger partial charge in [0.15, 0.2) is 0 Å². The van der Waals surface area contributed by atoms with Crippen LogP contribution in [0.15, 0.2) is 29.2 Å². The van der Waals surface area contributed by atoms with E-state index in [-0.39, 0.29) is 6.42 Å². The summed E-state index contributed by atoms with van der Waals surface area (Å²) in [5, 5.41) is 20.2. The van der Waals surface area contributed by atoms with Crippen LogP contribution in [0.2, 0.25) is 0 Å². The molecule has 112 valence electrons. The third kappa shape index (κ3) is 5.46. The van der Waals surface area contributed by atoms with Gasteiger partial charge in [0.05, 0.1) is 12.5 Å². The Bertz CT molecular complexity index is 431. The minimum Gasteiger partial charge on any atom is -0.481 e. The largest absolute Gasteiger partial charge is 0.481 e. The number of thioether (sulfide) groups is 1. The Balaban J connectivity index is 2.69. The van der Waals surface area contributed by atoms with Crippen molar-refractivity contribution in [3.05, 3.63) is 29.8 Å². The SMILES string of the molecule is CC(C)(CC(=O)O)C(O)c1ccc(SCCCBr)cc1. The zero-order chi connectivity index (χ0) is 15.2. The number of alkyl halides is 1. The Morgan fingerprint density at radius 2 is 1.95 bits per heavy atom. The fraction of sp³-hybridized carbons (Fsp3) is 0.533. The number of carbonyl (C=O) groups is 1. The van der Waals surface area contributed by atoms with E-state index in [1.807, 2.05) is 24.3 Å². The summed E-state index contributed by atoms with van der Waals surface area (Å²) >= 11 is 5.18. The summed E-state index contributed by atoms with van der Waals surface area (Å²) in [7, 11) is 0. The molecule has 5 heteroatoms. The van der Waals surface area contributed by atoms with E-state index in [2.05, 4.69) is 15.9 Å². The smallest absolute Gasteiger partial charge is 0.303 e. The average Bonchev–Trinajstić information content (AvgIpc) is 2.37. The lowest BCUT2D eigenvalue weighted by atomic mass is 9.80. The number of aliphatic carboxylic acids is 1. The van der Waals surface area contributed by atoms with E-state index in [9.17, 15) is 9.90 Å². The number of aliphatic hydroxyl groups is 1. The van der Waals surface area contributed by atoms with Crippen LogP contribution in [0.1, 0.15) is 38.4 Å². The number of hydrogen-bond donors (Lipinski definition) is 2. The molecule has 0 aromatic heterocycles. The predicted molar refractivity (Wildman–Crippen MR) is 86.6 cm³/mol. The summed E-state index contributed by atoms with van der Waals surface area (Å²) in [6.45, 7) is 3.54. The van der Waals surface area contributed by atoms with Crippen molar-refractivity contribution in [2.75, 3.05) is 11.1 Å². The first-order chi connectivity index (χ1) is 9.36. The molecule has 1 rings (SSSR count). The summed E-state index contributed by atoms with van der Waals surface area (Å²) in [5.41, 5.74) is 0.0808. The number of aliphatic hydroxyl groups excluding tert-OH is 1. The topological polar surface area (TPSA) is 57.5 Å². The highest BCUT2D eigenvalue weighted by Gasteiger charge is 2.31. The molecule has 20 heavy (non-hydrogen) atoms. The van der Waals surface area contributed by atoms with E-state index in [1.165, 1.54) is 0 Å². The van der Waals surface area contributed by atoms with Crippen molar-refractivity contribution in [3.63, 3.8) is 0 Å². The second-order valence-electron chi connectivity index (χ2n) is 5.42. The number of hydrogen-bond acceptors (Lipinski definition) is 3. The molecule has 0 heterocycles. The molecule has 3 nitrogen and oxygen atoms in total. The molecule has 1 aromatic rings. The van der Waals surface area contributed by atoms with E-state index in [0.29, 0.717) is 0 Å². The number of benzene rings is 1. The van der Waals surface area contributed by atoms with Crippen molar-refractivity contribution in [2.24, 2.45) is 5.41 Å². The summed E-state index contributed by atoms with van der Waals surface area (Å²) < 4.78 is 0. The minimum absolute atomic E-state index is 0.0596. The summed E-state index contributed by atoms with van der Waals surface area (Å²) in [6, 6.07) is 7.72. The molecule has 0 aliphatic carbocycles. The third-order valence-electron chi connectivity index (χ3n) is 3.09. The van der Waals surface area contributed by atoms with Gasteiger partial charge >= 0.3 is 5.97 Å². The van der Waals surface area contributed by atoms with E-state index in [0.717, 1.165) is 28.0 Å². The normalized spacial score (nSPS) is 13.2. The highest BCUT2D eigenvalue weighted by molar-refractivity contribution is 9.09. The van der Waals surface area contributed by atoms with Crippen LogP contribution in [0.3, 0.4) is 0 Å². The molecule has 1 aromatic carbocycles. The lowest BCUT2D eigenvalue weighted by molar-refractivity contribution is -0.141. The molecule has 1 atom stereocenters. The average molecular weight is 361 g/mol. The minimum atomic E-state index is -0.893. The van der Waals surface area contributed by atoms with Crippen LogP contribution in [0.25, 0.3) is 0 Å². The highest BCUT2D eigenvalue weighted by atomic mass is 79.9. The van der Waals surface area contributed by atoms with Crippen LogP contribution >= 0.6 is 27.7 Å². The van der Waals surface area contributed by atoms with Crippen molar-refractivity contribution in [1.82, 2.24) is 0 Å². The maximum Gasteiger partial charge on any atom is 0.303 e. The van der Waals surface area contributed by atoms with E-state index in [4.69, 9.17) is 5.11 Å². The molecule has 0 bridgehead atoms. The van der Waals surface area contributed by atoms with Crippen LogP contribution in [-0.4, -0.2) is 27.3 Å². The van der Waals surface area contributed by atoms with Gasteiger partial charge in [0.25, 0.3) is 0 Å². The molecule has 0 saturated heterocycles. The molecule has 0 saturated carbocycles. The first-order valence-corrected chi connectivity index (χ1v) is 8.66. The van der Waals surface area contributed by atoms with Crippen molar-refractivity contribution in [2.45, 2.75) is 37.7 Å². The van der Waals surface area contributed by atoms with Gasteiger partial charge in [-0.3, -0.25) is 4.79 Å². The Hall–Kier alpha value is -0.520. The number of halogens is 1. The van der Waals surface area contributed by atoms with Crippen LogP contribution in [-0.2, 0) is 4.79 Å². The zero-order valence-corrected chi connectivity index (χ0v) is 14.2. The fourth-order valence-electron chi connectivity index (χ4n) is 1.93. The number of carboxylic acid groups (broad SMARTS) is 1. The zero-order valence-electron chi connectivity index (χ0n) is 11.8. The van der Waals surface area contributed by atoms with Gasteiger partial charge < -0.3 is 10.2 Å². The second kappa shape index (κ2) is 8.05. The lowest BCUT2D eigenvalue weighted by Crippen LogP contribution is -2.25. The second-order valence-corrected chi connectivity index (χ2v) is 7.38. The molecule has 0 spiro atoms. The van der Waals surface area contributed by atoms with Crippen LogP contribution < -0.4 is 0 Å². The Kier molecular flexibility index (Phi) is 7.06. The number of carboxylic acids is 1. The molecule has 0 radical (unpaired) electrons. The molecule has 0 aliphatic rings. The Morgan fingerprint density at radius 1 is 1.35 bits per heavy atom. The van der Waals surface area contributed by atoms with Gasteiger partial charge in [-0.05, 0) is 29.9 Å². The van der Waals surface area contributed by atoms with E-state index >= 15 is 0 Å². The monoisotopic (exact) mass is 360 g/mol. The fourth-order valence-corrected chi connectivity index (χ4v) is 3.43. The van der Waals surface area contributed by atoms with Gasteiger partial charge in [0, 0.05) is 15.6 Å². The quantitative estimate of drug-likeness (QED) is 0.416. The van der Waals surface area contributed by atoms with Gasteiger partial charge in [0.2, 0.25) is 0 Å². The summed E-state index contributed by atoms with van der Waals surface area (Å²) in [6.07, 6.45) is 0.275. The Morgan fingerprint density at radius 3 is 2.45 bits per heavy atom. The maximum atomic E-state index is 10.8. The lowest BCUT2D eigenvalue weighted by Gasteiger charge is -2.29. The van der Waals surface area contributed by atoms with Gasteiger partial charge in [0.1, 0.15) is 0 Å².